The minimum absolute atomic E-state index is 0.162. The lowest BCUT2D eigenvalue weighted by Crippen LogP contribution is -2.25. The average molecular weight is 120 g/mol. The molecule has 4 heteroatoms. The Labute approximate surface area is 45.6 Å². The molecule has 0 atom stereocenters. The van der Waals surface area contributed by atoms with Crippen LogP contribution in [-0.4, -0.2) is 25.4 Å². The van der Waals surface area contributed by atoms with Crippen LogP contribution in [0.1, 0.15) is 0 Å². The number of nitrogens with zero attached hydrogens (tertiary/aromatic N) is 1. The molecule has 2 nitrogen and oxygen atoms in total. The van der Waals surface area contributed by atoms with Crippen molar-refractivity contribution < 1.29 is 8.78 Å². The summed E-state index contributed by atoms with van der Waals surface area (Å²) in [4.78, 5) is 3.49. The minimum Gasteiger partial charge on any atom is -0.367 e. The van der Waals surface area contributed by atoms with Gasteiger partial charge in [-0.05, 0) is 0 Å². The van der Waals surface area contributed by atoms with Crippen LogP contribution in [0.5, 0.6) is 0 Å². The molecule has 0 radical (unpaired) electrons. The molecular formula is C4H6F2N2. The van der Waals surface area contributed by atoms with E-state index in [0.29, 0.717) is 13.1 Å². The Balaban J connectivity index is 2.45. The number of alkyl halides is 2. The van der Waals surface area contributed by atoms with E-state index in [9.17, 15) is 8.78 Å². The Kier molecular flexibility index (Phi) is 1.41. The Hall–Kier alpha value is -0.670. The Morgan fingerprint density at radius 3 is 2.62 bits per heavy atom. The Bertz CT molecular complexity index is 111. The smallest absolute Gasteiger partial charge is 0.294 e. The van der Waals surface area contributed by atoms with Crippen LogP contribution in [-0.2, 0) is 0 Å². The highest BCUT2D eigenvalue weighted by atomic mass is 19.3. The zero-order valence-electron chi connectivity index (χ0n) is 4.19. The molecule has 0 saturated heterocycles. The topological polar surface area (TPSA) is 24.4 Å². The van der Waals surface area contributed by atoms with Crippen molar-refractivity contribution in [3.63, 3.8) is 0 Å². The van der Waals surface area contributed by atoms with Crippen LogP contribution in [0.15, 0.2) is 4.99 Å². The molecule has 0 amide bonds. The maximum atomic E-state index is 11.5. The molecule has 1 aliphatic rings. The Morgan fingerprint density at radius 1 is 1.62 bits per heavy atom. The van der Waals surface area contributed by atoms with Gasteiger partial charge < -0.3 is 5.32 Å². The molecule has 1 rings (SSSR count). The summed E-state index contributed by atoms with van der Waals surface area (Å²) in [7, 11) is 0. The first-order chi connectivity index (χ1) is 3.80. The van der Waals surface area contributed by atoms with E-state index < -0.39 is 6.43 Å². The van der Waals surface area contributed by atoms with Gasteiger partial charge in [0.1, 0.15) is 0 Å². The third-order valence-electron chi connectivity index (χ3n) is 0.907. The highest BCUT2D eigenvalue weighted by molar-refractivity contribution is 5.86. The number of halogens is 2. The van der Waals surface area contributed by atoms with Crippen molar-refractivity contribution in [2.75, 3.05) is 13.1 Å². The molecule has 0 aromatic rings. The van der Waals surface area contributed by atoms with Gasteiger partial charge in [-0.25, -0.2) is 8.78 Å². The van der Waals surface area contributed by atoms with Gasteiger partial charge >= 0.3 is 0 Å². The summed E-state index contributed by atoms with van der Waals surface area (Å²) in [5.74, 6) is -0.162. The van der Waals surface area contributed by atoms with E-state index in [4.69, 9.17) is 0 Å². The van der Waals surface area contributed by atoms with Crippen molar-refractivity contribution in [1.29, 1.82) is 0 Å². The number of hydrogen-bond donors (Lipinski definition) is 1. The molecule has 0 saturated carbocycles. The predicted molar refractivity (Wildman–Crippen MR) is 26.3 cm³/mol. The molecule has 0 unspecified atom stereocenters. The standard InChI is InChI=1S/C4H6F2N2/c5-3(6)4-7-1-2-8-4/h3H,1-2H2,(H,7,8). The summed E-state index contributed by atoms with van der Waals surface area (Å²) in [6.45, 7) is 1.04. The van der Waals surface area contributed by atoms with Gasteiger partial charge in [-0.2, -0.15) is 0 Å². The molecular weight excluding hydrogens is 114 g/mol. The molecule has 0 fully saturated rings. The SMILES string of the molecule is FC(F)C1=NCCN1. The summed E-state index contributed by atoms with van der Waals surface area (Å²) >= 11 is 0. The summed E-state index contributed by atoms with van der Waals surface area (Å²) in [6, 6.07) is 0. The van der Waals surface area contributed by atoms with E-state index in [2.05, 4.69) is 10.3 Å². The van der Waals surface area contributed by atoms with Crippen LogP contribution in [0.2, 0.25) is 0 Å². The van der Waals surface area contributed by atoms with Crippen molar-refractivity contribution in [3.8, 4) is 0 Å². The second kappa shape index (κ2) is 2.07. The van der Waals surface area contributed by atoms with Crippen LogP contribution >= 0.6 is 0 Å². The van der Waals surface area contributed by atoms with Gasteiger partial charge in [0.15, 0.2) is 5.84 Å². The monoisotopic (exact) mass is 120 g/mol. The van der Waals surface area contributed by atoms with Crippen molar-refractivity contribution in [2.24, 2.45) is 4.99 Å². The molecule has 8 heavy (non-hydrogen) atoms. The van der Waals surface area contributed by atoms with E-state index in [0.717, 1.165) is 0 Å². The van der Waals surface area contributed by atoms with Gasteiger partial charge in [0, 0.05) is 6.54 Å². The summed E-state index contributed by atoms with van der Waals surface area (Å²) < 4.78 is 23.1. The van der Waals surface area contributed by atoms with E-state index >= 15 is 0 Å². The van der Waals surface area contributed by atoms with Crippen LogP contribution in [0.25, 0.3) is 0 Å². The predicted octanol–water partition coefficient (Wildman–Crippen LogP) is 0.253. The van der Waals surface area contributed by atoms with E-state index in [1.807, 2.05) is 0 Å². The fraction of sp³-hybridized carbons (Fsp3) is 0.750. The number of nitrogens with one attached hydrogen (secondary N) is 1. The third-order valence-corrected chi connectivity index (χ3v) is 0.907. The quantitative estimate of drug-likeness (QED) is 0.527. The van der Waals surface area contributed by atoms with Gasteiger partial charge in [0.05, 0.1) is 6.54 Å². The summed E-state index contributed by atoms with van der Waals surface area (Å²) in [6.07, 6.45) is -2.42. The molecule has 0 aromatic carbocycles. The lowest BCUT2D eigenvalue weighted by molar-refractivity contribution is 0.222. The summed E-state index contributed by atoms with van der Waals surface area (Å²) in [5.41, 5.74) is 0. The zero-order chi connectivity index (χ0) is 5.98. The second-order valence-electron chi connectivity index (χ2n) is 1.49. The molecule has 0 aromatic heterocycles. The highest BCUT2D eigenvalue weighted by Gasteiger charge is 2.14. The largest absolute Gasteiger partial charge is 0.367 e. The zero-order valence-corrected chi connectivity index (χ0v) is 4.19. The average Bonchev–Trinajstić information content (AvgIpc) is 2.12. The fourth-order valence-corrected chi connectivity index (χ4v) is 0.562. The van der Waals surface area contributed by atoms with Crippen LogP contribution in [0, 0.1) is 0 Å². The molecule has 1 N–H and O–H groups in total. The molecule has 0 bridgehead atoms. The molecule has 0 spiro atoms. The van der Waals surface area contributed by atoms with Gasteiger partial charge in [0.25, 0.3) is 6.43 Å². The van der Waals surface area contributed by atoms with Gasteiger partial charge in [0.2, 0.25) is 0 Å². The number of amidine groups is 1. The fourth-order valence-electron chi connectivity index (χ4n) is 0.562. The maximum absolute atomic E-state index is 11.5. The van der Waals surface area contributed by atoms with E-state index in [-0.39, 0.29) is 5.84 Å². The lowest BCUT2D eigenvalue weighted by atomic mass is 10.6. The first kappa shape index (κ1) is 5.47. The summed E-state index contributed by atoms with van der Waals surface area (Å²) in [5, 5.41) is 2.46. The van der Waals surface area contributed by atoms with Crippen molar-refractivity contribution in [3.05, 3.63) is 0 Å². The number of hydrogen-bond acceptors (Lipinski definition) is 2. The molecule has 1 heterocycles. The lowest BCUT2D eigenvalue weighted by Gasteiger charge is -1.95. The molecule has 1 aliphatic heterocycles. The van der Waals surface area contributed by atoms with Gasteiger partial charge in [-0.15, -0.1) is 0 Å². The van der Waals surface area contributed by atoms with Gasteiger partial charge in [-0.3, -0.25) is 4.99 Å². The minimum atomic E-state index is -2.42. The first-order valence-corrected chi connectivity index (χ1v) is 2.37. The van der Waals surface area contributed by atoms with Crippen molar-refractivity contribution >= 4 is 5.84 Å². The van der Waals surface area contributed by atoms with Crippen LogP contribution in [0.3, 0.4) is 0 Å². The first-order valence-electron chi connectivity index (χ1n) is 2.37. The highest BCUT2D eigenvalue weighted by Crippen LogP contribution is 1.97. The molecule has 46 valence electrons. The van der Waals surface area contributed by atoms with Crippen LogP contribution < -0.4 is 5.32 Å². The van der Waals surface area contributed by atoms with Crippen molar-refractivity contribution in [1.82, 2.24) is 5.32 Å². The van der Waals surface area contributed by atoms with Crippen molar-refractivity contribution in [2.45, 2.75) is 6.43 Å². The normalized spacial score (nSPS) is 18.6. The maximum Gasteiger partial charge on any atom is 0.294 e. The number of rotatable bonds is 1. The number of aliphatic imine (C=N–C) groups is 1. The molecule has 0 aliphatic carbocycles. The Morgan fingerprint density at radius 2 is 2.38 bits per heavy atom. The van der Waals surface area contributed by atoms with E-state index in [1.54, 1.807) is 0 Å². The second-order valence-corrected chi connectivity index (χ2v) is 1.49. The van der Waals surface area contributed by atoms with E-state index in [1.165, 1.54) is 0 Å². The third kappa shape index (κ3) is 0.936. The van der Waals surface area contributed by atoms with Crippen LogP contribution in [0.4, 0.5) is 8.78 Å². The van der Waals surface area contributed by atoms with Gasteiger partial charge in [-0.1, -0.05) is 0 Å².